The van der Waals surface area contributed by atoms with Crippen LogP contribution in [0.15, 0.2) is 72.9 Å². The monoisotopic (exact) mass is 390 g/mol. The summed E-state index contributed by atoms with van der Waals surface area (Å²) in [5.41, 5.74) is 0. The second-order valence-electron chi connectivity index (χ2n) is 6.10. The molecule has 5 heteroatoms. The smallest absolute Gasteiger partial charge is 0.305 e. The minimum absolute atomic E-state index is 0.243. The van der Waals surface area contributed by atoms with Gasteiger partial charge in [-0.1, -0.05) is 79.8 Å². The van der Waals surface area contributed by atoms with Gasteiger partial charge in [-0.2, -0.15) is 0 Å². The van der Waals surface area contributed by atoms with E-state index in [4.69, 9.17) is 0 Å². The van der Waals surface area contributed by atoms with Gasteiger partial charge in [-0.3, -0.25) is 4.79 Å². The van der Waals surface area contributed by atoms with Crippen LogP contribution in [0, 0.1) is 0 Å². The lowest BCUT2D eigenvalue weighted by molar-refractivity contribution is -0.140. The van der Waals surface area contributed by atoms with Crippen LogP contribution in [0.5, 0.6) is 0 Å². The van der Waals surface area contributed by atoms with E-state index in [9.17, 15) is 20.1 Å². The minimum atomic E-state index is -0.897. The molecule has 3 atom stereocenters. The number of carbonyl (C=O) groups excluding carboxylic acids is 1. The van der Waals surface area contributed by atoms with Crippen LogP contribution >= 0.6 is 0 Å². The summed E-state index contributed by atoms with van der Waals surface area (Å²) in [6, 6.07) is 0. The Labute approximate surface area is 168 Å². The fraction of sp³-hybridized carbons (Fsp3) is 0.435. The van der Waals surface area contributed by atoms with Gasteiger partial charge in [-0.05, 0) is 25.7 Å². The van der Waals surface area contributed by atoms with Crippen molar-refractivity contribution in [3.05, 3.63) is 72.9 Å². The Morgan fingerprint density at radius 2 is 1.46 bits per heavy atom. The molecular weight excluding hydrogens is 356 g/mol. The Morgan fingerprint density at radius 3 is 2.11 bits per heavy atom. The van der Waals surface area contributed by atoms with E-state index >= 15 is 0 Å². The summed E-state index contributed by atoms with van der Waals surface area (Å²) in [4.78, 5) is 10.9. The highest BCUT2D eigenvalue weighted by Gasteiger charge is 2.10. The Bertz CT molecular complexity index is 570. The molecule has 0 radical (unpaired) electrons. The molecule has 0 amide bonds. The molecule has 5 nitrogen and oxygen atoms in total. The van der Waals surface area contributed by atoms with Crippen LogP contribution in [0.2, 0.25) is 0 Å². The Morgan fingerprint density at radius 1 is 0.857 bits per heavy atom. The number of hydrogen-bond donors (Lipinski definition) is 3. The lowest BCUT2D eigenvalue weighted by atomic mass is 10.1. The highest BCUT2D eigenvalue weighted by Crippen LogP contribution is 2.03. The molecule has 0 aromatic carbocycles. The maximum Gasteiger partial charge on any atom is 0.305 e. The van der Waals surface area contributed by atoms with Gasteiger partial charge >= 0.3 is 5.97 Å². The largest absolute Gasteiger partial charge is 0.469 e. The lowest BCUT2D eigenvalue weighted by Crippen LogP contribution is -2.22. The van der Waals surface area contributed by atoms with Crippen molar-refractivity contribution >= 4 is 5.97 Å². The lowest BCUT2D eigenvalue weighted by Gasteiger charge is -2.11. The number of methoxy groups -OCH3 is 1. The quantitative estimate of drug-likeness (QED) is 0.240. The first-order valence-electron chi connectivity index (χ1n) is 9.60. The minimum Gasteiger partial charge on any atom is -0.469 e. The molecule has 0 aliphatic heterocycles. The van der Waals surface area contributed by atoms with Crippen molar-refractivity contribution < 1.29 is 24.9 Å². The first kappa shape index (κ1) is 25.8. The zero-order chi connectivity index (χ0) is 21.0. The van der Waals surface area contributed by atoms with E-state index in [-0.39, 0.29) is 5.97 Å². The zero-order valence-corrected chi connectivity index (χ0v) is 16.9. The van der Waals surface area contributed by atoms with Gasteiger partial charge in [0.25, 0.3) is 0 Å². The highest BCUT2D eigenvalue weighted by atomic mass is 16.5. The van der Waals surface area contributed by atoms with Gasteiger partial charge in [-0.25, -0.2) is 0 Å². The average molecular weight is 391 g/mol. The maximum absolute atomic E-state index is 10.9. The van der Waals surface area contributed by atoms with Crippen LogP contribution in [-0.4, -0.2) is 46.7 Å². The predicted molar refractivity (Wildman–Crippen MR) is 114 cm³/mol. The molecule has 0 heterocycles. The summed E-state index contributed by atoms with van der Waals surface area (Å²) >= 11 is 0. The van der Waals surface area contributed by atoms with Crippen LogP contribution in [0.4, 0.5) is 0 Å². The molecule has 0 fully saturated rings. The molecule has 0 aromatic rings. The summed E-state index contributed by atoms with van der Waals surface area (Å²) in [6.07, 6.45) is 21.8. The molecular formula is C23H34O5. The number of aliphatic hydroxyl groups is 3. The third-order valence-electron chi connectivity index (χ3n) is 3.66. The van der Waals surface area contributed by atoms with E-state index < -0.39 is 18.3 Å². The average Bonchev–Trinajstić information content (AvgIpc) is 2.69. The van der Waals surface area contributed by atoms with Crippen molar-refractivity contribution in [2.75, 3.05) is 7.11 Å². The van der Waals surface area contributed by atoms with Gasteiger partial charge in [0.2, 0.25) is 0 Å². The van der Waals surface area contributed by atoms with Crippen molar-refractivity contribution in [3.63, 3.8) is 0 Å². The standard InChI is InChI=1S/C23H34O5/c1-3-4-10-17-21(25)22(26)18-13-8-6-5-7-11-15-20(24)16-12-9-14-19-23(27)28-2/h4-13,15,18,20-22,24-26H,3,14,16-17,19H2,1-2H3. The molecule has 3 unspecified atom stereocenters. The summed E-state index contributed by atoms with van der Waals surface area (Å²) in [5, 5.41) is 29.3. The second-order valence-corrected chi connectivity index (χ2v) is 6.10. The fourth-order valence-corrected chi connectivity index (χ4v) is 2.03. The van der Waals surface area contributed by atoms with Crippen LogP contribution in [0.3, 0.4) is 0 Å². The highest BCUT2D eigenvalue weighted by molar-refractivity contribution is 5.69. The maximum atomic E-state index is 10.9. The topological polar surface area (TPSA) is 87.0 Å². The molecule has 3 N–H and O–H groups in total. The van der Waals surface area contributed by atoms with Gasteiger partial charge in [0.05, 0.1) is 25.4 Å². The molecule has 0 aromatic heterocycles. The first-order chi connectivity index (χ1) is 13.5. The molecule has 0 spiro atoms. The van der Waals surface area contributed by atoms with E-state index in [1.807, 2.05) is 31.2 Å². The van der Waals surface area contributed by atoms with Gasteiger partial charge < -0.3 is 20.1 Å². The van der Waals surface area contributed by atoms with Crippen molar-refractivity contribution in [1.82, 2.24) is 0 Å². The van der Waals surface area contributed by atoms with Crippen molar-refractivity contribution in [2.24, 2.45) is 0 Å². The number of ether oxygens (including phenoxy) is 1. The van der Waals surface area contributed by atoms with Crippen LogP contribution in [-0.2, 0) is 9.53 Å². The fourth-order valence-electron chi connectivity index (χ4n) is 2.03. The van der Waals surface area contributed by atoms with E-state index in [1.54, 1.807) is 48.6 Å². The number of rotatable bonds is 14. The van der Waals surface area contributed by atoms with E-state index in [0.717, 1.165) is 6.42 Å². The molecule has 0 saturated carbocycles. The normalized spacial score (nSPS) is 16.3. The van der Waals surface area contributed by atoms with E-state index in [0.29, 0.717) is 25.7 Å². The van der Waals surface area contributed by atoms with Crippen LogP contribution in [0.25, 0.3) is 0 Å². The molecule has 0 saturated heterocycles. The van der Waals surface area contributed by atoms with Gasteiger partial charge in [-0.15, -0.1) is 0 Å². The van der Waals surface area contributed by atoms with Crippen LogP contribution in [0.1, 0.15) is 39.0 Å². The molecule has 0 bridgehead atoms. The van der Waals surface area contributed by atoms with Crippen LogP contribution < -0.4 is 0 Å². The summed E-state index contributed by atoms with van der Waals surface area (Å²) in [6.45, 7) is 2.01. The third-order valence-corrected chi connectivity index (χ3v) is 3.66. The number of aliphatic hydroxyl groups excluding tert-OH is 3. The molecule has 28 heavy (non-hydrogen) atoms. The number of carbonyl (C=O) groups is 1. The number of allylic oxidation sites excluding steroid dienone is 8. The molecule has 0 aliphatic carbocycles. The number of esters is 1. The predicted octanol–water partition coefficient (Wildman–Crippen LogP) is 3.55. The SMILES string of the molecule is CCC=CCC(O)C(O)C=CC=CC=CC=CC(O)CC=CCCC(=O)OC. The first-order valence-corrected chi connectivity index (χ1v) is 9.60. The zero-order valence-electron chi connectivity index (χ0n) is 16.9. The van der Waals surface area contributed by atoms with Gasteiger partial charge in [0.15, 0.2) is 0 Å². The Kier molecular flexibility index (Phi) is 16.7. The Hall–Kier alpha value is -2.21. The van der Waals surface area contributed by atoms with Gasteiger partial charge in [0, 0.05) is 6.42 Å². The summed E-state index contributed by atoms with van der Waals surface area (Å²) in [7, 11) is 1.36. The second kappa shape index (κ2) is 18.2. The third kappa shape index (κ3) is 16.0. The van der Waals surface area contributed by atoms with Crippen molar-refractivity contribution in [1.29, 1.82) is 0 Å². The van der Waals surface area contributed by atoms with Gasteiger partial charge in [0.1, 0.15) is 0 Å². The van der Waals surface area contributed by atoms with E-state index in [2.05, 4.69) is 4.74 Å². The molecule has 0 aliphatic rings. The summed E-state index contributed by atoms with van der Waals surface area (Å²) in [5.74, 6) is -0.243. The molecule has 0 rings (SSSR count). The summed E-state index contributed by atoms with van der Waals surface area (Å²) < 4.78 is 4.54. The van der Waals surface area contributed by atoms with Crippen molar-refractivity contribution in [3.8, 4) is 0 Å². The molecule has 156 valence electrons. The number of hydrogen-bond acceptors (Lipinski definition) is 5. The van der Waals surface area contributed by atoms with E-state index in [1.165, 1.54) is 7.11 Å². The Balaban J connectivity index is 4.03. The van der Waals surface area contributed by atoms with Crippen molar-refractivity contribution in [2.45, 2.75) is 57.3 Å².